The normalized spacial score (nSPS) is 14.6. The Morgan fingerprint density at radius 3 is 2.96 bits per heavy atom. The SMILES string of the molecule is Cc1ccccc1-n1cc(CNc2cc3n(n2)CCN(C)C3)cn1. The standard InChI is InChI=1S/C18H22N6/c1-14-5-3-4-6-17(14)24-12-15(11-20-24)10-19-18-9-16-13-22(2)7-8-23(16)21-18/h3-6,9,11-12H,7-8,10,13H2,1-2H3,(H,19,21). The first-order valence-corrected chi connectivity index (χ1v) is 8.28. The summed E-state index contributed by atoms with van der Waals surface area (Å²) < 4.78 is 4.03. The first kappa shape index (κ1) is 15.0. The van der Waals surface area contributed by atoms with Crippen molar-refractivity contribution in [2.75, 3.05) is 18.9 Å². The molecule has 1 aliphatic rings. The van der Waals surface area contributed by atoms with E-state index < -0.39 is 0 Å². The highest BCUT2D eigenvalue weighted by molar-refractivity contribution is 5.40. The third kappa shape index (κ3) is 2.92. The van der Waals surface area contributed by atoms with Gasteiger partial charge in [-0.3, -0.25) is 9.58 Å². The molecular formula is C18H22N6. The van der Waals surface area contributed by atoms with Gasteiger partial charge in [-0.1, -0.05) is 18.2 Å². The number of anilines is 1. The minimum atomic E-state index is 0.720. The maximum atomic E-state index is 4.63. The summed E-state index contributed by atoms with van der Waals surface area (Å²) in [5.41, 5.74) is 4.73. The summed E-state index contributed by atoms with van der Waals surface area (Å²) in [4.78, 5) is 2.31. The van der Waals surface area contributed by atoms with Gasteiger partial charge >= 0.3 is 0 Å². The largest absolute Gasteiger partial charge is 0.364 e. The Labute approximate surface area is 141 Å². The van der Waals surface area contributed by atoms with Gasteiger partial charge in [-0.15, -0.1) is 0 Å². The predicted octanol–water partition coefficient (Wildman–Crippen LogP) is 2.43. The number of aryl methyl sites for hydroxylation is 1. The lowest BCUT2D eigenvalue weighted by Gasteiger charge is -2.22. The fourth-order valence-electron chi connectivity index (χ4n) is 3.08. The summed E-state index contributed by atoms with van der Waals surface area (Å²) in [6, 6.07) is 10.4. The minimum Gasteiger partial charge on any atom is -0.364 e. The van der Waals surface area contributed by atoms with Crippen LogP contribution in [0.15, 0.2) is 42.7 Å². The molecule has 0 bridgehead atoms. The Kier molecular flexibility index (Phi) is 3.82. The van der Waals surface area contributed by atoms with Gasteiger partial charge in [-0.05, 0) is 25.6 Å². The van der Waals surface area contributed by atoms with Gasteiger partial charge in [0.15, 0.2) is 0 Å². The Hall–Kier alpha value is -2.60. The number of likely N-dealkylation sites (N-methyl/N-ethyl adjacent to an activating group) is 1. The third-order valence-corrected chi connectivity index (χ3v) is 4.46. The number of hydrogen-bond donors (Lipinski definition) is 1. The lowest BCUT2D eigenvalue weighted by molar-refractivity contribution is 0.259. The number of para-hydroxylation sites is 1. The number of fused-ring (bicyclic) bond motifs is 1. The minimum absolute atomic E-state index is 0.720. The zero-order valence-corrected chi connectivity index (χ0v) is 14.1. The molecule has 1 aliphatic heterocycles. The lowest BCUT2D eigenvalue weighted by atomic mass is 10.2. The van der Waals surface area contributed by atoms with Crippen LogP contribution in [0.2, 0.25) is 0 Å². The van der Waals surface area contributed by atoms with Crippen LogP contribution in [0.5, 0.6) is 0 Å². The Bertz CT molecular complexity index is 847. The van der Waals surface area contributed by atoms with Gasteiger partial charge in [0.1, 0.15) is 5.82 Å². The molecule has 1 aromatic carbocycles. The first-order chi connectivity index (χ1) is 11.7. The van der Waals surface area contributed by atoms with Crippen molar-refractivity contribution in [1.82, 2.24) is 24.5 Å². The van der Waals surface area contributed by atoms with E-state index in [9.17, 15) is 0 Å². The molecular weight excluding hydrogens is 300 g/mol. The average molecular weight is 322 g/mol. The molecule has 2 aromatic heterocycles. The van der Waals surface area contributed by atoms with Crippen molar-refractivity contribution in [2.45, 2.75) is 26.6 Å². The number of aromatic nitrogens is 4. The van der Waals surface area contributed by atoms with Crippen LogP contribution in [-0.4, -0.2) is 38.1 Å². The fraction of sp³-hybridized carbons (Fsp3) is 0.333. The van der Waals surface area contributed by atoms with Gasteiger partial charge < -0.3 is 5.32 Å². The van der Waals surface area contributed by atoms with Gasteiger partial charge in [-0.2, -0.15) is 10.2 Å². The van der Waals surface area contributed by atoms with E-state index in [4.69, 9.17) is 0 Å². The number of nitrogens with zero attached hydrogens (tertiary/aromatic N) is 5. The van der Waals surface area contributed by atoms with Crippen LogP contribution < -0.4 is 5.32 Å². The van der Waals surface area contributed by atoms with E-state index in [0.717, 1.165) is 43.2 Å². The Morgan fingerprint density at radius 1 is 1.21 bits per heavy atom. The number of benzene rings is 1. The van der Waals surface area contributed by atoms with Crippen molar-refractivity contribution in [3.63, 3.8) is 0 Å². The average Bonchev–Trinajstić information content (AvgIpc) is 3.19. The fourth-order valence-corrected chi connectivity index (χ4v) is 3.08. The van der Waals surface area contributed by atoms with Crippen molar-refractivity contribution in [3.05, 3.63) is 59.5 Å². The zero-order chi connectivity index (χ0) is 16.5. The van der Waals surface area contributed by atoms with Crippen LogP contribution in [-0.2, 0) is 19.6 Å². The van der Waals surface area contributed by atoms with Crippen LogP contribution in [0.3, 0.4) is 0 Å². The van der Waals surface area contributed by atoms with Crippen molar-refractivity contribution in [3.8, 4) is 5.69 Å². The summed E-state index contributed by atoms with van der Waals surface area (Å²) in [6.45, 7) is 5.79. The van der Waals surface area contributed by atoms with E-state index in [1.165, 1.54) is 11.3 Å². The van der Waals surface area contributed by atoms with Crippen molar-refractivity contribution < 1.29 is 0 Å². The van der Waals surface area contributed by atoms with Crippen molar-refractivity contribution >= 4 is 5.82 Å². The van der Waals surface area contributed by atoms with Gasteiger partial charge in [0.25, 0.3) is 0 Å². The summed E-state index contributed by atoms with van der Waals surface area (Å²) in [6.07, 6.45) is 3.97. The molecule has 0 amide bonds. The number of hydrogen-bond acceptors (Lipinski definition) is 4. The molecule has 4 rings (SSSR count). The van der Waals surface area contributed by atoms with E-state index in [-0.39, 0.29) is 0 Å². The zero-order valence-electron chi connectivity index (χ0n) is 14.1. The summed E-state index contributed by atoms with van der Waals surface area (Å²) in [5.74, 6) is 0.934. The van der Waals surface area contributed by atoms with Crippen LogP contribution in [0, 0.1) is 6.92 Å². The van der Waals surface area contributed by atoms with Gasteiger partial charge in [0.05, 0.1) is 24.1 Å². The summed E-state index contributed by atoms with van der Waals surface area (Å²) >= 11 is 0. The van der Waals surface area contributed by atoms with Crippen LogP contribution in [0.25, 0.3) is 5.69 Å². The molecule has 0 saturated heterocycles. The summed E-state index contributed by atoms with van der Waals surface area (Å²) in [5, 5.41) is 12.5. The second-order valence-electron chi connectivity index (χ2n) is 6.42. The van der Waals surface area contributed by atoms with E-state index in [2.05, 4.69) is 63.5 Å². The molecule has 0 fully saturated rings. The number of rotatable bonds is 4. The molecule has 6 heteroatoms. The molecule has 0 atom stereocenters. The van der Waals surface area contributed by atoms with Crippen LogP contribution >= 0.6 is 0 Å². The van der Waals surface area contributed by atoms with Crippen LogP contribution in [0.4, 0.5) is 5.82 Å². The molecule has 3 heterocycles. The predicted molar refractivity (Wildman–Crippen MR) is 94.2 cm³/mol. The molecule has 0 unspecified atom stereocenters. The summed E-state index contributed by atoms with van der Waals surface area (Å²) in [7, 11) is 2.14. The third-order valence-electron chi connectivity index (χ3n) is 4.46. The van der Waals surface area contributed by atoms with Crippen molar-refractivity contribution in [1.29, 1.82) is 0 Å². The highest BCUT2D eigenvalue weighted by Crippen LogP contribution is 2.17. The molecule has 0 saturated carbocycles. The van der Waals surface area contributed by atoms with Crippen LogP contribution in [0.1, 0.15) is 16.8 Å². The molecule has 24 heavy (non-hydrogen) atoms. The molecule has 0 radical (unpaired) electrons. The molecule has 124 valence electrons. The van der Waals surface area contributed by atoms with Gasteiger partial charge in [0.2, 0.25) is 0 Å². The lowest BCUT2D eigenvalue weighted by Crippen LogP contribution is -2.30. The second-order valence-corrected chi connectivity index (χ2v) is 6.42. The topological polar surface area (TPSA) is 50.9 Å². The maximum Gasteiger partial charge on any atom is 0.148 e. The highest BCUT2D eigenvalue weighted by Gasteiger charge is 2.15. The molecule has 0 aliphatic carbocycles. The second kappa shape index (κ2) is 6.13. The van der Waals surface area contributed by atoms with E-state index in [1.54, 1.807) is 0 Å². The maximum absolute atomic E-state index is 4.63. The molecule has 6 nitrogen and oxygen atoms in total. The smallest absolute Gasteiger partial charge is 0.148 e. The van der Waals surface area contributed by atoms with Gasteiger partial charge in [0, 0.05) is 37.5 Å². The highest BCUT2D eigenvalue weighted by atomic mass is 15.4. The van der Waals surface area contributed by atoms with Gasteiger partial charge in [-0.25, -0.2) is 4.68 Å². The molecule has 3 aromatic rings. The Balaban J connectivity index is 1.45. The number of nitrogens with one attached hydrogen (secondary N) is 1. The van der Waals surface area contributed by atoms with Crippen molar-refractivity contribution in [2.24, 2.45) is 0 Å². The monoisotopic (exact) mass is 322 g/mol. The molecule has 0 spiro atoms. The molecule has 1 N–H and O–H groups in total. The van der Waals surface area contributed by atoms with E-state index in [1.807, 2.05) is 23.0 Å². The Morgan fingerprint density at radius 2 is 2.08 bits per heavy atom. The van der Waals surface area contributed by atoms with E-state index >= 15 is 0 Å². The first-order valence-electron chi connectivity index (χ1n) is 8.28. The quantitative estimate of drug-likeness (QED) is 0.801. The van der Waals surface area contributed by atoms with E-state index in [0.29, 0.717) is 0 Å².